The van der Waals surface area contributed by atoms with Crippen molar-refractivity contribution in [2.75, 3.05) is 0 Å². The van der Waals surface area contributed by atoms with E-state index in [9.17, 15) is 4.79 Å². The third-order valence-corrected chi connectivity index (χ3v) is 5.97. The summed E-state index contributed by atoms with van der Waals surface area (Å²) in [6.07, 6.45) is 7.80. The van der Waals surface area contributed by atoms with Gasteiger partial charge in [0.05, 0.1) is 29.5 Å². The fourth-order valence-corrected chi connectivity index (χ4v) is 4.25. The van der Waals surface area contributed by atoms with Crippen molar-refractivity contribution in [1.29, 1.82) is 0 Å². The Kier molecular flexibility index (Phi) is 5.37. The van der Waals surface area contributed by atoms with Crippen LogP contribution in [0.1, 0.15) is 59.4 Å². The number of nitrogens with zero attached hydrogens (tertiary/aromatic N) is 4. The van der Waals surface area contributed by atoms with E-state index in [0.29, 0.717) is 19.0 Å². The molecule has 0 saturated carbocycles. The Morgan fingerprint density at radius 2 is 2.16 bits per heavy atom. The van der Waals surface area contributed by atoms with Crippen molar-refractivity contribution in [3.63, 3.8) is 0 Å². The predicted octanol–water partition coefficient (Wildman–Crippen LogP) is 3.59. The second-order valence-corrected chi connectivity index (χ2v) is 8.07. The number of thiazole rings is 1. The maximum absolute atomic E-state index is 12.4. The fourth-order valence-electron chi connectivity index (χ4n) is 3.32. The van der Waals surface area contributed by atoms with Crippen LogP contribution < -0.4 is 0 Å². The lowest BCUT2D eigenvalue weighted by Gasteiger charge is -2.22. The molecule has 6 heteroatoms. The Morgan fingerprint density at radius 3 is 2.84 bits per heavy atom. The molecule has 0 fully saturated rings. The molecular formula is C19H26N4OS. The largest absolute Gasteiger partial charge is 0.328 e. The molecular weight excluding hydrogens is 332 g/mol. The van der Waals surface area contributed by atoms with Crippen LogP contribution in [0.25, 0.3) is 0 Å². The Balaban J connectivity index is 1.83. The van der Waals surface area contributed by atoms with Gasteiger partial charge in [0.2, 0.25) is 5.91 Å². The first kappa shape index (κ1) is 17.9. The average molecular weight is 359 g/mol. The van der Waals surface area contributed by atoms with Crippen LogP contribution in [-0.4, -0.2) is 25.6 Å². The molecule has 0 spiro atoms. The van der Waals surface area contributed by atoms with Crippen LogP contribution in [-0.2, 0) is 37.8 Å². The number of fused-ring (bicyclic) bond motifs is 1. The van der Waals surface area contributed by atoms with E-state index in [4.69, 9.17) is 0 Å². The van der Waals surface area contributed by atoms with E-state index in [1.807, 2.05) is 22.8 Å². The van der Waals surface area contributed by atoms with Gasteiger partial charge in [-0.3, -0.25) is 9.48 Å². The first-order valence-electron chi connectivity index (χ1n) is 8.89. The van der Waals surface area contributed by atoms with Crippen LogP contribution in [0.15, 0.2) is 18.9 Å². The molecule has 134 valence electrons. The van der Waals surface area contributed by atoms with E-state index in [1.165, 1.54) is 30.2 Å². The Morgan fingerprint density at radius 1 is 1.40 bits per heavy atom. The van der Waals surface area contributed by atoms with E-state index in [0.717, 1.165) is 28.4 Å². The molecule has 5 nitrogen and oxygen atoms in total. The van der Waals surface area contributed by atoms with Crippen LogP contribution in [0, 0.1) is 0 Å². The van der Waals surface area contributed by atoms with Crippen molar-refractivity contribution in [3.8, 4) is 0 Å². The van der Waals surface area contributed by atoms with Gasteiger partial charge in [-0.15, -0.1) is 11.3 Å². The third-order valence-electron chi connectivity index (χ3n) is 4.69. The van der Waals surface area contributed by atoms with Gasteiger partial charge in [0.1, 0.15) is 0 Å². The van der Waals surface area contributed by atoms with E-state index in [2.05, 4.69) is 30.5 Å². The molecule has 2 aromatic heterocycles. The number of rotatable bonds is 6. The molecule has 3 rings (SSSR count). The van der Waals surface area contributed by atoms with Crippen LogP contribution >= 0.6 is 11.3 Å². The summed E-state index contributed by atoms with van der Waals surface area (Å²) in [6, 6.07) is 0. The van der Waals surface area contributed by atoms with Gasteiger partial charge >= 0.3 is 0 Å². The number of aromatic nitrogens is 3. The normalized spacial score (nSPS) is 13.8. The first-order chi connectivity index (χ1) is 12.0. The minimum atomic E-state index is -0.0507. The number of carbonyl (C=O) groups is 1. The van der Waals surface area contributed by atoms with Crippen molar-refractivity contribution in [3.05, 3.63) is 45.7 Å². The highest BCUT2D eigenvalue weighted by atomic mass is 32.1. The van der Waals surface area contributed by atoms with Crippen molar-refractivity contribution < 1.29 is 4.79 Å². The van der Waals surface area contributed by atoms with E-state index < -0.39 is 0 Å². The summed E-state index contributed by atoms with van der Waals surface area (Å²) in [4.78, 5) is 19.9. The molecule has 1 aliphatic carbocycles. The number of aryl methyl sites for hydroxylation is 2. The van der Waals surface area contributed by atoms with Gasteiger partial charge in [0, 0.05) is 24.0 Å². The van der Waals surface area contributed by atoms with Gasteiger partial charge in [-0.05, 0) is 37.3 Å². The zero-order valence-corrected chi connectivity index (χ0v) is 16.1. The highest BCUT2D eigenvalue weighted by molar-refractivity contribution is 7.11. The molecule has 0 aliphatic heterocycles. The Hall–Kier alpha value is -1.95. The van der Waals surface area contributed by atoms with Crippen LogP contribution in [0.2, 0.25) is 0 Å². The number of amides is 1. The van der Waals surface area contributed by atoms with E-state index >= 15 is 0 Å². The lowest BCUT2D eigenvalue weighted by atomic mass is 9.96. The molecule has 0 unspecified atom stereocenters. The fraction of sp³-hybridized carbons (Fsp3) is 0.526. The topological polar surface area (TPSA) is 51.0 Å². The zero-order chi connectivity index (χ0) is 18.0. The highest BCUT2D eigenvalue weighted by Gasteiger charge is 2.23. The Labute approximate surface area is 153 Å². The summed E-state index contributed by atoms with van der Waals surface area (Å²) in [6.45, 7) is 9.07. The van der Waals surface area contributed by atoms with E-state index in [1.54, 1.807) is 11.3 Å². The quantitative estimate of drug-likeness (QED) is 0.742. The average Bonchev–Trinajstić information content (AvgIpc) is 3.18. The Bertz CT molecular complexity index is 774. The monoisotopic (exact) mass is 358 g/mol. The maximum Gasteiger partial charge on any atom is 0.246 e. The summed E-state index contributed by atoms with van der Waals surface area (Å²) >= 11 is 1.68. The van der Waals surface area contributed by atoms with Crippen molar-refractivity contribution in [2.24, 2.45) is 7.05 Å². The van der Waals surface area contributed by atoms with Gasteiger partial charge in [-0.25, -0.2) is 4.98 Å². The number of hydrogen-bond donors (Lipinski definition) is 0. The smallest absolute Gasteiger partial charge is 0.246 e. The number of hydrogen-bond acceptors (Lipinski definition) is 4. The summed E-state index contributed by atoms with van der Waals surface area (Å²) in [5.74, 6) is 0.358. The second kappa shape index (κ2) is 7.52. The first-order valence-corrected chi connectivity index (χ1v) is 9.70. The molecule has 2 aromatic rings. The molecule has 0 aromatic carbocycles. The predicted molar refractivity (Wildman–Crippen MR) is 101 cm³/mol. The SMILES string of the molecule is C=CC(=O)N(Cc1cnc(C(C)C)s1)Cc1c2c(nn1C)CCCC2. The van der Waals surface area contributed by atoms with Gasteiger partial charge < -0.3 is 4.90 Å². The van der Waals surface area contributed by atoms with Crippen LogP contribution in [0.5, 0.6) is 0 Å². The molecule has 1 amide bonds. The molecule has 0 N–H and O–H groups in total. The molecule has 2 heterocycles. The van der Waals surface area contributed by atoms with Gasteiger partial charge in [0.15, 0.2) is 0 Å². The summed E-state index contributed by atoms with van der Waals surface area (Å²) < 4.78 is 1.95. The lowest BCUT2D eigenvalue weighted by Crippen LogP contribution is -2.29. The zero-order valence-electron chi connectivity index (χ0n) is 15.3. The van der Waals surface area contributed by atoms with Crippen LogP contribution in [0.4, 0.5) is 0 Å². The van der Waals surface area contributed by atoms with Crippen molar-refractivity contribution >= 4 is 17.2 Å². The molecule has 1 aliphatic rings. The minimum Gasteiger partial charge on any atom is -0.328 e. The summed E-state index contributed by atoms with van der Waals surface area (Å²) in [7, 11) is 1.98. The van der Waals surface area contributed by atoms with E-state index in [-0.39, 0.29) is 5.91 Å². The molecule has 0 atom stereocenters. The summed E-state index contributed by atoms with van der Waals surface area (Å²) in [5, 5.41) is 5.78. The third kappa shape index (κ3) is 3.84. The van der Waals surface area contributed by atoms with Gasteiger partial charge in [-0.2, -0.15) is 5.10 Å². The standard InChI is InChI=1S/C19H26N4OS/c1-5-18(24)23(11-14-10-20-19(25-14)13(2)3)12-17-15-8-6-7-9-16(15)21-22(17)4/h5,10,13H,1,6-9,11-12H2,2-4H3. The second-order valence-electron chi connectivity index (χ2n) is 6.92. The molecule has 0 radical (unpaired) electrons. The summed E-state index contributed by atoms with van der Waals surface area (Å²) in [5.41, 5.74) is 3.69. The van der Waals surface area contributed by atoms with Crippen molar-refractivity contribution in [2.45, 2.75) is 58.5 Å². The molecule has 0 saturated heterocycles. The number of carbonyl (C=O) groups excluding carboxylic acids is 1. The molecule has 25 heavy (non-hydrogen) atoms. The van der Waals surface area contributed by atoms with Gasteiger partial charge in [0.25, 0.3) is 0 Å². The van der Waals surface area contributed by atoms with Crippen molar-refractivity contribution in [1.82, 2.24) is 19.7 Å². The van der Waals surface area contributed by atoms with Gasteiger partial charge in [-0.1, -0.05) is 20.4 Å². The molecule has 0 bridgehead atoms. The maximum atomic E-state index is 12.4. The minimum absolute atomic E-state index is 0.0507. The van der Waals surface area contributed by atoms with Crippen LogP contribution in [0.3, 0.4) is 0 Å². The highest BCUT2D eigenvalue weighted by Crippen LogP contribution is 2.26. The lowest BCUT2D eigenvalue weighted by molar-refractivity contribution is -0.127.